The number of piperidine rings is 1. The lowest BCUT2D eigenvalue weighted by atomic mass is 10.1. The van der Waals surface area contributed by atoms with E-state index in [4.69, 9.17) is 4.74 Å². The Hall–Kier alpha value is -1.31. The van der Waals surface area contributed by atoms with Gasteiger partial charge >= 0.3 is 0 Å². The van der Waals surface area contributed by atoms with Gasteiger partial charge in [0, 0.05) is 17.9 Å². The van der Waals surface area contributed by atoms with Crippen molar-refractivity contribution < 1.29 is 13.2 Å². The quantitative estimate of drug-likeness (QED) is 0.640. The minimum atomic E-state index is -3.32. The Balaban J connectivity index is 2.10. The first-order valence-electron chi connectivity index (χ1n) is 9.41. The molecule has 7 heteroatoms. The van der Waals surface area contributed by atoms with Crippen molar-refractivity contribution in [1.82, 2.24) is 9.47 Å². The topological polar surface area (TPSA) is 51.5 Å². The third-order valence-corrected chi connectivity index (χ3v) is 7.65. The molecule has 27 heavy (non-hydrogen) atoms. The summed E-state index contributed by atoms with van der Waals surface area (Å²) in [6.45, 7) is 6.06. The van der Waals surface area contributed by atoms with Crippen LogP contribution in [0.3, 0.4) is 0 Å². The minimum Gasteiger partial charge on any atom is -0.493 e. The molecule has 0 saturated carbocycles. The van der Waals surface area contributed by atoms with E-state index in [9.17, 15) is 8.42 Å². The number of methoxy groups -OCH3 is 1. The Labute approximate surface area is 170 Å². The molecule has 0 spiro atoms. The molecule has 1 unspecified atom stereocenters. The van der Waals surface area contributed by atoms with Crippen LogP contribution in [0.4, 0.5) is 0 Å². The van der Waals surface area contributed by atoms with E-state index in [1.807, 2.05) is 12.3 Å². The lowest BCUT2D eigenvalue weighted by Crippen LogP contribution is -2.33. The van der Waals surface area contributed by atoms with Crippen LogP contribution in [0.1, 0.15) is 44.8 Å². The first kappa shape index (κ1) is 20.4. The van der Waals surface area contributed by atoms with Crippen LogP contribution in [0, 0.1) is 0 Å². The average molecular weight is 455 g/mol. The van der Waals surface area contributed by atoms with Crippen molar-refractivity contribution in [1.29, 1.82) is 0 Å². The molecule has 0 N–H and O–H groups in total. The molecule has 0 bridgehead atoms. The molecule has 3 rings (SSSR count). The largest absolute Gasteiger partial charge is 0.493 e. The molecule has 2 aromatic rings. The van der Waals surface area contributed by atoms with Gasteiger partial charge in [0.2, 0.25) is 0 Å². The third kappa shape index (κ3) is 4.10. The van der Waals surface area contributed by atoms with Crippen molar-refractivity contribution in [2.45, 2.75) is 44.0 Å². The molecular formula is C20H27BrN2O3S. The number of sulfone groups is 1. The van der Waals surface area contributed by atoms with Gasteiger partial charge < -0.3 is 9.30 Å². The van der Waals surface area contributed by atoms with E-state index in [0.29, 0.717) is 15.1 Å². The summed E-state index contributed by atoms with van der Waals surface area (Å²) in [5, 5.41) is 0. The number of hydrogen-bond acceptors (Lipinski definition) is 4. The summed E-state index contributed by atoms with van der Waals surface area (Å²) in [4.78, 5) is 2.79. The number of ether oxygens (including phenoxy) is 1. The number of nitrogens with zero attached hydrogens (tertiary/aromatic N) is 2. The second-order valence-electron chi connectivity index (χ2n) is 6.94. The molecule has 1 aromatic heterocycles. The van der Waals surface area contributed by atoms with Gasteiger partial charge in [-0.25, -0.2) is 8.42 Å². The normalized spacial score (nSPS) is 17.0. The van der Waals surface area contributed by atoms with Crippen molar-refractivity contribution in [3.8, 4) is 11.4 Å². The lowest BCUT2D eigenvalue weighted by molar-refractivity contribution is 0.171. The standard InChI is InChI=1S/C20H27BrN2O3S/c1-4-27(24,25)16-13-17(21)20(26-3)19(14-16)23-12-8-9-18(23)15(2)22-10-6-5-7-11-22/h8-9,12-15H,4-7,10-11H2,1-3H3. The molecule has 1 aromatic carbocycles. The Kier molecular flexibility index (Phi) is 6.33. The summed E-state index contributed by atoms with van der Waals surface area (Å²) in [7, 11) is -1.72. The van der Waals surface area contributed by atoms with Crippen molar-refractivity contribution >= 4 is 25.8 Å². The van der Waals surface area contributed by atoms with Crippen LogP contribution in [0.5, 0.6) is 5.75 Å². The molecule has 1 fully saturated rings. The van der Waals surface area contributed by atoms with Crippen molar-refractivity contribution in [3.05, 3.63) is 40.6 Å². The first-order chi connectivity index (χ1) is 12.9. The summed E-state index contributed by atoms with van der Waals surface area (Å²) in [6, 6.07) is 7.69. The van der Waals surface area contributed by atoms with Crippen molar-refractivity contribution in [2.75, 3.05) is 26.0 Å². The predicted molar refractivity (Wildman–Crippen MR) is 112 cm³/mol. The summed E-state index contributed by atoms with van der Waals surface area (Å²) in [5.41, 5.74) is 1.87. The van der Waals surface area contributed by atoms with Crippen LogP contribution in [0.2, 0.25) is 0 Å². The highest BCUT2D eigenvalue weighted by Gasteiger charge is 2.24. The number of halogens is 1. The second kappa shape index (κ2) is 8.37. The smallest absolute Gasteiger partial charge is 0.178 e. The molecule has 148 valence electrons. The first-order valence-corrected chi connectivity index (χ1v) is 11.9. The van der Waals surface area contributed by atoms with Gasteiger partial charge in [0.1, 0.15) is 0 Å². The molecule has 5 nitrogen and oxygen atoms in total. The van der Waals surface area contributed by atoms with Crippen LogP contribution in [-0.4, -0.2) is 43.8 Å². The van der Waals surface area contributed by atoms with Crippen LogP contribution in [0.25, 0.3) is 5.69 Å². The molecule has 1 atom stereocenters. The summed E-state index contributed by atoms with van der Waals surface area (Å²) in [6.07, 6.45) is 5.72. The molecule has 0 aliphatic carbocycles. The molecule has 0 radical (unpaired) electrons. The third-order valence-electron chi connectivity index (χ3n) is 5.35. The number of aromatic nitrogens is 1. The molecule has 1 saturated heterocycles. The highest BCUT2D eigenvalue weighted by atomic mass is 79.9. The molecule has 2 heterocycles. The highest BCUT2D eigenvalue weighted by molar-refractivity contribution is 9.10. The number of likely N-dealkylation sites (tertiary alicyclic amines) is 1. The fourth-order valence-corrected chi connectivity index (χ4v) is 5.41. The maximum absolute atomic E-state index is 12.5. The minimum absolute atomic E-state index is 0.0634. The van der Waals surface area contributed by atoms with Gasteiger partial charge in [-0.05, 0) is 73.1 Å². The number of rotatable bonds is 6. The monoisotopic (exact) mass is 454 g/mol. The SMILES string of the molecule is CCS(=O)(=O)c1cc(Br)c(OC)c(-n2cccc2C(C)N2CCCCC2)c1. The molecule has 1 aliphatic heterocycles. The van der Waals surface area contributed by atoms with E-state index in [-0.39, 0.29) is 11.8 Å². The molecule has 0 amide bonds. The second-order valence-corrected chi connectivity index (χ2v) is 10.1. The van der Waals surface area contributed by atoms with Gasteiger partial charge in [0.15, 0.2) is 15.6 Å². The van der Waals surface area contributed by atoms with Crippen molar-refractivity contribution in [2.24, 2.45) is 0 Å². The van der Waals surface area contributed by atoms with E-state index in [0.717, 1.165) is 24.5 Å². The molecular weight excluding hydrogens is 428 g/mol. The predicted octanol–water partition coefficient (Wildman–Crippen LogP) is 4.59. The van der Waals surface area contributed by atoms with Gasteiger partial charge in [0.25, 0.3) is 0 Å². The van der Waals surface area contributed by atoms with Gasteiger partial charge in [-0.3, -0.25) is 4.90 Å². The van der Waals surface area contributed by atoms with E-state index in [1.54, 1.807) is 26.2 Å². The van der Waals surface area contributed by atoms with E-state index >= 15 is 0 Å². The summed E-state index contributed by atoms with van der Waals surface area (Å²) >= 11 is 3.49. The maximum atomic E-state index is 12.5. The Morgan fingerprint density at radius 2 is 1.93 bits per heavy atom. The van der Waals surface area contributed by atoms with Crippen molar-refractivity contribution in [3.63, 3.8) is 0 Å². The summed E-state index contributed by atoms with van der Waals surface area (Å²) < 4.78 is 33.2. The van der Waals surface area contributed by atoms with Gasteiger partial charge in [-0.15, -0.1) is 0 Å². The number of hydrogen-bond donors (Lipinski definition) is 0. The number of benzene rings is 1. The zero-order chi connectivity index (χ0) is 19.6. The highest BCUT2D eigenvalue weighted by Crippen LogP contribution is 2.37. The Bertz CT molecular complexity index is 902. The zero-order valence-corrected chi connectivity index (χ0v) is 18.5. The van der Waals surface area contributed by atoms with Gasteiger partial charge in [-0.2, -0.15) is 0 Å². The zero-order valence-electron chi connectivity index (χ0n) is 16.1. The fourth-order valence-electron chi connectivity index (χ4n) is 3.73. The Morgan fingerprint density at radius 1 is 1.22 bits per heavy atom. The van der Waals surface area contributed by atoms with E-state index in [1.165, 1.54) is 19.3 Å². The Morgan fingerprint density at radius 3 is 2.56 bits per heavy atom. The summed E-state index contributed by atoms with van der Waals surface area (Å²) in [5.74, 6) is 0.696. The van der Waals surface area contributed by atoms with E-state index < -0.39 is 9.84 Å². The van der Waals surface area contributed by atoms with Gasteiger partial charge in [-0.1, -0.05) is 13.3 Å². The van der Waals surface area contributed by atoms with Crippen LogP contribution >= 0.6 is 15.9 Å². The lowest BCUT2D eigenvalue weighted by Gasteiger charge is -2.33. The van der Waals surface area contributed by atoms with Crippen LogP contribution in [-0.2, 0) is 9.84 Å². The van der Waals surface area contributed by atoms with Gasteiger partial charge in [0.05, 0.1) is 27.9 Å². The molecule has 1 aliphatic rings. The van der Waals surface area contributed by atoms with Crippen LogP contribution in [0.15, 0.2) is 39.8 Å². The maximum Gasteiger partial charge on any atom is 0.178 e. The van der Waals surface area contributed by atoms with E-state index in [2.05, 4.69) is 38.4 Å². The average Bonchev–Trinajstić information content (AvgIpc) is 3.17. The van der Waals surface area contributed by atoms with Crippen LogP contribution < -0.4 is 4.74 Å². The fraction of sp³-hybridized carbons (Fsp3) is 0.500.